The topological polar surface area (TPSA) is 83.0 Å². The molecule has 0 atom stereocenters. The monoisotopic (exact) mass is 516 g/mol. The molecule has 0 N–H and O–H groups in total. The third kappa shape index (κ3) is 4.12. The standard InChI is InChI=1S/C27H24N4O3S2/c1-16-8-7-9-17(14-16)31-26(32)23-19-11-4-6-13-21(19)36-25(23)29-27(31)35-15-22-28-24(30-34-22)18-10-3-5-12-20(18)33-2/h3,5,7-10,12,14H,4,6,11,13,15H2,1-2H3. The molecule has 0 fully saturated rings. The fraction of sp³-hybridized carbons (Fsp3) is 0.259. The maximum absolute atomic E-state index is 13.9. The van der Waals surface area contributed by atoms with Gasteiger partial charge in [-0.05, 0) is 68.0 Å². The SMILES string of the molecule is COc1ccccc1-c1noc(CSc2nc3sc4c(c3c(=O)n2-c2cccc(C)c2)CCCC4)n1. The summed E-state index contributed by atoms with van der Waals surface area (Å²) in [5.41, 5.74) is 3.84. The Balaban J connectivity index is 1.40. The Bertz CT molecular complexity index is 1640. The molecule has 3 heterocycles. The molecule has 0 aliphatic heterocycles. The highest BCUT2D eigenvalue weighted by molar-refractivity contribution is 7.98. The van der Waals surface area contributed by atoms with Gasteiger partial charge >= 0.3 is 0 Å². The van der Waals surface area contributed by atoms with Crippen LogP contribution in [-0.4, -0.2) is 26.8 Å². The van der Waals surface area contributed by atoms with E-state index in [1.807, 2.05) is 55.5 Å². The van der Waals surface area contributed by atoms with Crippen LogP contribution in [-0.2, 0) is 18.6 Å². The van der Waals surface area contributed by atoms with Crippen LogP contribution < -0.4 is 10.3 Å². The molecule has 1 aliphatic carbocycles. The van der Waals surface area contributed by atoms with Gasteiger partial charge in [0, 0.05) is 4.88 Å². The van der Waals surface area contributed by atoms with E-state index in [1.54, 1.807) is 23.0 Å². The van der Waals surface area contributed by atoms with Gasteiger partial charge in [-0.3, -0.25) is 9.36 Å². The van der Waals surface area contributed by atoms with Crippen molar-refractivity contribution >= 4 is 33.3 Å². The number of benzene rings is 2. The molecule has 0 unspecified atom stereocenters. The van der Waals surface area contributed by atoms with Gasteiger partial charge in [0.05, 0.1) is 29.5 Å². The van der Waals surface area contributed by atoms with Crippen molar-refractivity contribution in [2.75, 3.05) is 7.11 Å². The highest BCUT2D eigenvalue weighted by atomic mass is 32.2. The molecule has 0 spiro atoms. The third-order valence-corrected chi connectivity index (χ3v) is 8.47. The van der Waals surface area contributed by atoms with Crippen molar-refractivity contribution < 1.29 is 9.26 Å². The van der Waals surface area contributed by atoms with E-state index in [0.29, 0.717) is 28.4 Å². The molecule has 0 amide bonds. The summed E-state index contributed by atoms with van der Waals surface area (Å²) in [5, 5.41) is 5.54. The van der Waals surface area contributed by atoms with Gasteiger partial charge in [-0.1, -0.05) is 41.2 Å². The molecule has 0 bridgehead atoms. The molecule has 36 heavy (non-hydrogen) atoms. The molecule has 0 saturated heterocycles. The van der Waals surface area contributed by atoms with Gasteiger partial charge in [0.1, 0.15) is 10.6 Å². The predicted molar refractivity (Wildman–Crippen MR) is 142 cm³/mol. The second-order valence-corrected chi connectivity index (χ2v) is 10.8. The van der Waals surface area contributed by atoms with Gasteiger partial charge in [-0.2, -0.15) is 4.98 Å². The molecular weight excluding hydrogens is 492 g/mol. The first-order chi connectivity index (χ1) is 17.6. The molecule has 3 aromatic heterocycles. The Hall–Kier alpha value is -3.43. The maximum atomic E-state index is 13.9. The first-order valence-corrected chi connectivity index (χ1v) is 13.7. The number of aromatic nitrogens is 4. The number of hydrogen-bond acceptors (Lipinski definition) is 8. The molecule has 0 saturated carbocycles. The highest BCUT2D eigenvalue weighted by Gasteiger charge is 2.23. The molecule has 2 aromatic carbocycles. The third-order valence-electron chi connectivity index (χ3n) is 6.36. The van der Waals surface area contributed by atoms with E-state index < -0.39 is 0 Å². The zero-order valence-electron chi connectivity index (χ0n) is 20.0. The van der Waals surface area contributed by atoms with Crippen LogP contribution in [0.1, 0.15) is 34.7 Å². The van der Waals surface area contributed by atoms with Gasteiger partial charge < -0.3 is 9.26 Å². The lowest BCUT2D eigenvalue weighted by Gasteiger charge is -2.13. The van der Waals surface area contributed by atoms with Crippen LogP contribution in [0.5, 0.6) is 5.75 Å². The Labute approximate surface area is 216 Å². The first-order valence-electron chi connectivity index (χ1n) is 11.9. The van der Waals surface area contributed by atoms with Gasteiger partial charge in [0.2, 0.25) is 11.7 Å². The largest absolute Gasteiger partial charge is 0.496 e. The highest BCUT2D eigenvalue weighted by Crippen LogP contribution is 2.36. The van der Waals surface area contributed by atoms with Crippen LogP contribution in [0.4, 0.5) is 0 Å². The van der Waals surface area contributed by atoms with E-state index in [1.165, 1.54) is 28.6 Å². The number of para-hydroxylation sites is 1. The van der Waals surface area contributed by atoms with Crippen LogP contribution in [0.15, 0.2) is 63.0 Å². The van der Waals surface area contributed by atoms with Crippen LogP contribution in [0, 0.1) is 6.92 Å². The van der Waals surface area contributed by atoms with E-state index >= 15 is 0 Å². The summed E-state index contributed by atoms with van der Waals surface area (Å²) in [7, 11) is 1.62. The van der Waals surface area contributed by atoms with Gasteiger partial charge in [0.15, 0.2) is 5.16 Å². The Morgan fingerprint density at radius 2 is 1.97 bits per heavy atom. The van der Waals surface area contributed by atoms with Gasteiger partial charge in [0.25, 0.3) is 5.56 Å². The summed E-state index contributed by atoms with van der Waals surface area (Å²) in [6, 6.07) is 15.5. The zero-order valence-corrected chi connectivity index (χ0v) is 21.6. The lowest BCUT2D eigenvalue weighted by Crippen LogP contribution is -2.22. The Morgan fingerprint density at radius 3 is 2.83 bits per heavy atom. The number of thioether (sulfide) groups is 1. The minimum Gasteiger partial charge on any atom is -0.496 e. The minimum absolute atomic E-state index is 0.00672. The number of nitrogens with zero attached hydrogens (tertiary/aromatic N) is 4. The van der Waals surface area contributed by atoms with Crippen molar-refractivity contribution in [1.29, 1.82) is 0 Å². The quantitative estimate of drug-likeness (QED) is 0.203. The van der Waals surface area contributed by atoms with Gasteiger partial charge in [-0.25, -0.2) is 4.98 Å². The summed E-state index contributed by atoms with van der Waals surface area (Å²) < 4.78 is 12.7. The number of thiophene rings is 1. The first kappa shape index (κ1) is 23.0. The minimum atomic E-state index is -0.00672. The molecule has 6 rings (SSSR count). The number of methoxy groups -OCH3 is 1. The Morgan fingerprint density at radius 1 is 1.11 bits per heavy atom. The van der Waals surface area contributed by atoms with Crippen LogP contribution in [0.3, 0.4) is 0 Å². The van der Waals surface area contributed by atoms with Crippen LogP contribution >= 0.6 is 23.1 Å². The van der Waals surface area contributed by atoms with Gasteiger partial charge in [-0.15, -0.1) is 11.3 Å². The van der Waals surface area contributed by atoms with E-state index in [4.69, 9.17) is 14.2 Å². The summed E-state index contributed by atoms with van der Waals surface area (Å²) in [5.74, 6) is 1.99. The van der Waals surface area contributed by atoms with Crippen molar-refractivity contribution in [2.45, 2.75) is 43.5 Å². The summed E-state index contributed by atoms with van der Waals surface area (Å²) in [6.07, 6.45) is 4.25. The smallest absolute Gasteiger partial charge is 0.267 e. The number of ether oxygens (including phenoxy) is 1. The lowest BCUT2D eigenvalue weighted by atomic mass is 9.97. The summed E-state index contributed by atoms with van der Waals surface area (Å²) in [4.78, 5) is 25.6. The molecule has 182 valence electrons. The zero-order chi connectivity index (χ0) is 24.6. The van der Waals surface area contributed by atoms with Crippen molar-refractivity contribution in [1.82, 2.24) is 19.7 Å². The number of fused-ring (bicyclic) bond motifs is 3. The second-order valence-electron chi connectivity index (χ2n) is 8.77. The average molecular weight is 517 g/mol. The molecule has 7 nitrogen and oxygen atoms in total. The number of aryl methyl sites for hydroxylation is 3. The second kappa shape index (κ2) is 9.55. The lowest BCUT2D eigenvalue weighted by molar-refractivity contribution is 0.390. The maximum Gasteiger partial charge on any atom is 0.267 e. The van der Waals surface area contributed by atoms with Crippen molar-refractivity contribution in [2.24, 2.45) is 0 Å². The summed E-state index contributed by atoms with van der Waals surface area (Å²) >= 11 is 3.08. The normalized spacial score (nSPS) is 13.2. The van der Waals surface area contributed by atoms with Crippen LogP contribution in [0.2, 0.25) is 0 Å². The van der Waals surface area contributed by atoms with E-state index in [9.17, 15) is 4.79 Å². The van der Waals surface area contributed by atoms with Crippen molar-refractivity contribution in [3.05, 3.63) is 80.8 Å². The molecule has 0 radical (unpaired) electrons. The molecule has 9 heteroatoms. The van der Waals surface area contributed by atoms with Crippen LogP contribution in [0.25, 0.3) is 27.3 Å². The average Bonchev–Trinajstić information content (AvgIpc) is 3.52. The fourth-order valence-corrected chi connectivity index (χ4v) is 6.81. The number of hydrogen-bond donors (Lipinski definition) is 0. The van der Waals surface area contributed by atoms with E-state index in [2.05, 4.69) is 10.1 Å². The number of rotatable bonds is 6. The Kier molecular flexibility index (Phi) is 6.10. The van der Waals surface area contributed by atoms with Crippen molar-refractivity contribution in [3.63, 3.8) is 0 Å². The predicted octanol–water partition coefficient (Wildman–Crippen LogP) is 5.99. The molecule has 5 aromatic rings. The van der Waals surface area contributed by atoms with Crippen molar-refractivity contribution in [3.8, 4) is 22.8 Å². The van der Waals surface area contributed by atoms with E-state index in [-0.39, 0.29) is 5.56 Å². The fourth-order valence-electron chi connectivity index (χ4n) is 4.66. The molecule has 1 aliphatic rings. The van der Waals surface area contributed by atoms with E-state index in [0.717, 1.165) is 46.3 Å². The summed E-state index contributed by atoms with van der Waals surface area (Å²) in [6.45, 7) is 2.03. The molecular formula is C27H24N4O3S2.